The van der Waals surface area contributed by atoms with Gasteiger partial charge < -0.3 is 10.1 Å². The molecule has 0 saturated carbocycles. The molecule has 0 unspecified atom stereocenters. The van der Waals surface area contributed by atoms with Crippen molar-refractivity contribution in [2.75, 3.05) is 20.2 Å². The molecule has 0 spiro atoms. The zero-order valence-electron chi connectivity index (χ0n) is 11.3. The van der Waals surface area contributed by atoms with Gasteiger partial charge in [0, 0.05) is 17.7 Å². The zero-order chi connectivity index (χ0) is 13.7. The van der Waals surface area contributed by atoms with E-state index in [1.807, 2.05) is 0 Å². The molecular formula is C15H21F2NO. The monoisotopic (exact) mass is 269 g/mol. The summed E-state index contributed by atoms with van der Waals surface area (Å²) in [7, 11) is 1.45. The molecule has 1 fully saturated rings. The van der Waals surface area contributed by atoms with Gasteiger partial charge in [0.2, 0.25) is 0 Å². The molecule has 1 aromatic rings. The van der Waals surface area contributed by atoms with Crippen molar-refractivity contribution in [1.82, 2.24) is 5.32 Å². The summed E-state index contributed by atoms with van der Waals surface area (Å²) in [5.41, 5.74) is 0.498. The summed E-state index contributed by atoms with van der Waals surface area (Å²) in [5, 5.41) is 3.33. The molecule has 1 aromatic carbocycles. The molecule has 4 heteroatoms. The van der Waals surface area contributed by atoms with Gasteiger partial charge in [-0.2, -0.15) is 0 Å². The lowest BCUT2D eigenvalue weighted by molar-refractivity contribution is 0.344. The Morgan fingerprint density at radius 2 is 2.00 bits per heavy atom. The van der Waals surface area contributed by atoms with Crippen molar-refractivity contribution < 1.29 is 13.5 Å². The maximum atomic E-state index is 13.7. The molecule has 0 atom stereocenters. The van der Waals surface area contributed by atoms with Crippen LogP contribution in [-0.4, -0.2) is 20.2 Å². The Balaban J connectivity index is 1.91. The van der Waals surface area contributed by atoms with Gasteiger partial charge in [-0.05, 0) is 44.7 Å². The van der Waals surface area contributed by atoms with E-state index in [2.05, 4.69) is 5.32 Å². The van der Waals surface area contributed by atoms with Crippen molar-refractivity contribution in [2.45, 2.75) is 32.1 Å². The summed E-state index contributed by atoms with van der Waals surface area (Å²) in [6.07, 6.45) is 5.02. The van der Waals surface area contributed by atoms with Crippen LogP contribution in [0.3, 0.4) is 0 Å². The van der Waals surface area contributed by atoms with Gasteiger partial charge in [-0.15, -0.1) is 0 Å². The highest BCUT2D eigenvalue weighted by molar-refractivity contribution is 5.35. The number of methoxy groups -OCH3 is 1. The molecule has 0 aromatic heterocycles. The maximum absolute atomic E-state index is 13.7. The van der Waals surface area contributed by atoms with Gasteiger partial charge in [-0.3, -0.25) is 0 Å². The zero-order valence-corrected chi connectivity index (χ0v) is 11.3. The Hall–Kier alpha value is -1.16. The van der Waals surface area contributed by atoms with Crippen LogP contribution in [0.2, 0.25) is 0 Å². The van der Waals surface area contributed by atoms with E-state index in [0.29, 0.717) is 17.7 Å². The van der Waals surface area contributed by atoms with Crippen LogP contribution in [0.15, 0.2) is 12.1 Å². The maximum Gasteiger partial charge on any atom is 0.133 e. The number of nitrogens with one attached hydrogen (secondary N) is 1. The number of hydrogen-bond donors (Lipinski definition) is 1. The Kier molecular flexibility index (Phi) is 5.14. The van der Waals surface area contributed by atoms with Crippen molar-refractivity contribution in [2.24, 2.45) is 5.92 Å². The second-order valence-electron chi connectivity index (χ2n) is 5.15. The van der Waals surface area contributed by atoms with Gasteiger partial charge in [0.05, 0.1) is 7.11 Å². The van der Waals surface area contributed by atoms with Crippen molar-refractivity contribution in [3.63, 3.8) is 0 Å². The molecule has 19 heavy (non-hydrogen) atoms. The third-order valence-electron chi connectivity index (χ3n) is 3.84. The molecule has 1 aliphatic heterocycles. The first-order chi connectivity index (χ1) is 9.20. The van der Waals surface area contributed by atoms with E-state index >= 15 is 0 Å². The van der Waals surface area contributed by atoms with E-state index in [4.69, 9.17) is 4.74 Å². The summed E-state index contributed by atoms with van der Waals surface area (Å²) in [6.45, 7) is 2.16. The van der Waals surface area contributed by atoms with E-state index in [1.165, 1.54) is 26.0 Å². The first kappa shape index (κ1) is 14.3. The molecule has 2 nitrogen and oxygen atoms in total. The highest BCUT2D eigenvalue weighted by atomic mass is 19.1. The van der Waals surface area contributed by atoms with Crippen LogP contribution in [0.1, 0.15) is 31.2 Å². The number of rotatable bonds is 5. The van der Waals surface area contributed by atoms with Gasteiger partial charge >= 0.3 is 0 Å². The molecule has 1 N–H and O–H groups in total. The fourth-order valence-electron chi connectivity index (χ4n) is 2.74. The molecule has 1 saturated heterocycles. The second kappa shape index (κ2) is 6.85. The van der Waals surface area contributed by atoms with Crippen LogP contribution in [0.4, 0.5) is 8.78 Å². The minimum Gasteiger partial charge on any atom is -0.496 e. The van der Waals surface area contributed by atoms with Crippen molar-refractivity contribution in [3.05, 3.63) is 29.3 Å². The number of ether oxygens (including phenoxy) is 1. The highest BCUT2D eigenvalue weighted by Crippen LogP contribution is 2.26. The number of piperidine rings is 1. The quantitative estimate of drug-likeness (QED) is 0.885. The Labute approximate surface area is 113 Å². The minimum absolute atomic E-state index is 0.322. The molecule has 0 radical (unpaired) electrons. The van der Waals surface area contributed by atoms with Crippen LogP contribution >= 0.6 is 0 Å². The van der Waals surface area contributed by atoms with Crippen LogP contribution in [-0.2, 0) is 6.42 Å². The average molecular weight is 269 g/mol. The summed E-state index contributed by atoms with van der Waals surface area (Å²) >= 11 is 0. The van der Waals surface area contributed by atoms with Gasteiger partial charge in [-0.1, -0.05) is 6.42 Å². The van der Waals surface area contributed by atoms with Crippen LogP contribution in [0, 0.1) is 17.6 Å². The standard InChI is InChI=1S/C15H21F2NO/c1-19-15-10-12(16)9-14(17)13(15)4-2-3-11-5-7-18-8-6-11/h9-11,18H,2-8H2,1H3. The summed E-state index contributed by atoms with van der Waals surface area (Å²) in [4.78, 5) is 0. The molecule has 0 bridgehead atoms. The molecule has 0 amide bonds. The SMILES string of the molecule is COc1cc(F)cc(F)c1CCCC1CCNCC1. The fourth-order valence-corrected chi connectivity index (χ4v) is 2.74. The number of benzene rings is 1. The normalized spacial score (nSPS) is 16.6. The van der Waals surface area contributed by atoms with Crippen molar-refractivity contribution in [3.8, 4) is 5.75 Å². The summed E-state index contributed by atoms with van der Waals surface area (Å²) < 4.78 is 31.9. The van der Waals surface area contributed by atoms with Gasteiger partial charge in [0.1, 0.15) is 17.4 Å². The van der Waals surface area contributed by atoms with E-state index < -0.39 is 11.6 Å². The van der Waals surface area contributed by atoms with Crippen LogP contribution in [0.5, 0.6) is 5.75 Å². The topological polar surface area (TPSA) is 21.3 Å². The van der Waals surface area contributed by atoms with Gasteiger partial charge in [0.15, 0.2) is 0 Å². The Morgan fingerprint density at radius 1 is 1.26 bits per heavy atom. The predicted molar refractivity (Wildman–Crippen MR) is 71.4 cm³/mol. The molecule has 106 valence electrons. The van der Waals surface area contributed by atoms with Crippen LogP contribution < -0.4 is 10.1 Å². The molecular weight excluding hydrogens is 248 g/mol. The van der Waals surface area contributed by atoms with E-state index in [0.717, 1.165) is 37.9 Å². The lowest BCUT2D eigenvalue weighted by atomic mass is 9.91. The third-order valence-corrected chi connectivity index (χ3v) is 3.84. The summed E-state index contributed by atoms with van der Waals surface area (Å²) in [5.74, 6) is -0.0304. The van der Waals surface area contributed by atoms with E-state index in [-0.39, 0.29) is 0 Å². The smallest absolute Gasteiger partial charge is 0.133 e. The predicted octanol–water partition coefficient (Wildman–Crippen LogP) is 3.30. The van der Waals surface area contributed by atoms with Gasteiger partial charge in [-0.25, -0.2) is 8.78 Å². The lowest BCUT2D eigenvalue weighted by Crippen LogP contribution is -2.27. The number of halogens is 2. The molecule has 0 aliphatic carbocycles. The Morgan fingerprint density at radius 3 is 2.68 bits per heavy atom. The largest absolute Gasteiger partial charge is 0.496 e. The first-order valence-corrected chi connectivity index (χ1v) is 6.93. The second-order valence-corrected chi connectivity index (χ2v) is 5.15. The van der Waals surface area contributed by atoms with Crippen molar-refractivity contribution >= 4 is 0 Å². The Bertz CT molecular complexity index is 417. The molecule has 1 aliphatic rings. The average Bonchev–Trinajstić information content (AvgIpc) is 2.42. The number of hydrogen-bond acceptors (Lipinski definition) is 2. The molecule has 1 heterocycles. The van der Waals surface area contributed by atoms with Crippen molar-refractivity contribution in [1.29, 1.82) is 0 Å². The third kappa shape index (κ3) is 3.90. The first-order valence-electron chi connectivity index (χ1n) is 6.93. The van der Waals surface area contributed by atoms with E-state index in [9.17, 15) is 8.78 Å². The fraction of sp³-hybridized carbons (Fsp3) is 0.600. The lowest BCUT2D eigenvalue weighted by Gasteiger charge is -2.22. The molecule has 2 rings (SSSR count). The van der Waals surface area contributed by atoms with E-state index in [1.54, 1.807) is 0 Å². The van der Waals surface area contributed by atoms with Gasteiger partial charge in [0.25, 0.3) is 0 Å². The summed E-state index contributed by atoms with van der Waals surface area (Å²) in [6, 6.07) is 2.19. The minimum atomic E-state index is -0.587. The van der Waals surface area contributed by atoms with Crippen LogP contribution in [0.25, 0.3) is 0 Å². The highest BCUT2D eigenvalue weighted by Gasteiger charge is 2.15.